The van der Waals surface area contributed by atoms with Gasteiger partial charge in [0.05, 0.1) is 5.82 Å². The number of hydrogen-bond donors (Lipinski definition) is 1. The zero-order chi connectivity index (χ0) is 7.44. The van der Waals surface area contributed by atoms with Gasteiger partial charge in [0.25, 0.3) is 0 Å². The first-order chi connectivity index (χ1) is 4.04. The topological polar surface area (TPSA) is 69.4 Å². The van der Waals surface area contributed by atoms with Gasteiger partial charge in [-0.15, -0.1) is 0 Å². The molecule has 0 aromatic heterocycles. The summed E-state index contributed by atoms with van der Waals surface area (Å²) in [5.74, 6) is 0.259. The standard InChI is InChI=1S/C4H9N2O2P/c1-4(5)6(2)3-9(7)8/h1,3,5H2,2H3. The van der Waals surface area contributed by atoms with Gasteiger partial charge in [0, 0.05) is 7.05 Å². The SMILES string of the molecule is C=C(N)N(C)C[P+](=O)[O-]. The average molecular weight is 148 g/mol. The highest BCUT2D eigenvalue weighted by Gasteiger charge is 2.04. The summed E-state index contributed by atoms with van der Waals surface area (Å²) in [5.41, 5.74) is 5.15. The van der Waals surface area contributed by atoms with E-state index in [1.165, 1.54) is 4.90 Å². The van der Waals surface area contributed by atoms with Crippen molar-refractivity contribution in [1.82, 2.24) is 4.90 Å². The maximum absolute atomic E-state index is 10.0. The first-order valence-electron chi connectivity index (χ1n) is 2.31. The lowest BCUT2D eigenvalue weighted by Gasteiger charge is -2.11. The summed E-state index contributed by atoms with van der Waals surface area (Å²) < 4.78 is 10.0. The maximum Gasteiger partial charge on any atom is 0.330 e. The Morgan fingerprint density at radius 2 is 2.44 bits per heavy atom. The number of rotatable bonds is 3. The van der Waals surface area contributed by atoms with Crippen LogP contribution >= 0.6 is 8.03 Å². The van der Waals surface area contributed by atoms with Gasteiger partial charge in [0.2, 0.25) is 6.29 Å². The molecule has 0 amide bonds. The predicted molar refractivity (Wildman–Crippen MR) is 33.6 cm³/mol. The highest BCUT2D eigenvalue weighted by molar-refractivity contribution is 7.36. The molecule has 4 nitrogen and oxygen atoms in total. The van der Waals surface area contributed by atoms with Crippen LogP contribution in [0.25, 0.3) is 0 Å². The third kappa shape index (κ3) is 3.94. The highest BCUT2D eigenvalue weighted by atomic mass is 31.1. The molecule has 0 heterocycles. The largest absolute Gasteiger partial charge is 0.594 e. The number of nitrogens with zero attached hydrogens (tertiary/aromatic N) is 1. The molecule has 0 rings (SSSR count). The minimum Gasteiger partial charge on any atom is -0.594 e. The van der Waals surface area contributed by atoms with E-state index >= 15 is 0 Å². The van der Waals surface area contributed by atoms with Gasteiger partial charge in [-0.05, 0) is 0 Å². The first kappa shape index (κ1) is 8.40. The van der Waals surface area contributed by atoms with Crippen LogP contribution in [-0.2, 0) is 4.57 Å². The molecule has 52 valence electrons. The van der Waals surface area contributed by atoms with Crippen LogP contribution in [0.3, 0.4) is 0 Å². The van der Waals surface area contributed by atoms with Crippen LogP contribution in [0.5, 0.6) is 0 Å². The molecule has 1 atom stereocenters. The molecule has 2 N–H and O–H groups in total. The quantitative estimate of drug-likeness (QED) is 0.543. The van der Waals surface area contributed by atoms with Gasteiger partial charge in [0.15, 0.2) is 0 Å². The molecule has 5 heteroatoms. The van der Waals surface area contributed by atoms with Crippen molar-refractivity contribution in [3.05, 3.63) is 12.4 Å². The number of hydrogen-bond acceptors (Lipinski definition) is 4. The molecule has 0 aliphatic rings. The Morgan fingerprint density at radius 3 is 2.56 bits per heavy atom. The normalized spacial score (nSPS) is 10.7. The van der Waals surface area contributed by atoms with Gasteiger partial charge in [-0.1, -0.05) is 11.1 Å². The van der Waals surface area contributed by atoms with Gasteiger partial charge >= 0.3 is 8.03 Å². The Balaban J connectivity index is 3.63. The molecule has 0 spiro atoms. The van der Waals surface area contributed by atoms with Crippen molar-refractivity contribution in [1.29, 1.82) is 0 Å². The third-order valence-electron chi connectivity index (χ3n) is 0.818. The Kier molecular flexibility index (Phi) is 3.20. The van der Waals surface area contributed by atoms with Crippen LogP contribution in [0, 0.1) is 0 Å². The van der Waals surface area contributed by atoms with Gasteiger partial charge in [0.1, 0.15) is 0 Å². The van der Waals surface area contributed by atoms with Crippen LogP contribution in [0.2, 0.25) is 0 Å². The smallest absolute Gasteiger partial charge is 0.330 e. The molecule has 0 bridgehead atoms. The fourth-order valence-corrected chi connectivity index (χ4v) is 0.792. The van der Waals surface area contributed by atoms with Gasteiger partial charge in [-0.25, -0.2) is 0 Å². The molecule has 1 unspecified atom stereocenters. The Morgan fingerprint density at radius 1 is 2.00 bits per heavy atom. The molecule has 0 aromatic rings. The van der Waals surface area contributed by atoms with Crippen molar-refractivity contribution < 1.29 is 9.46 Å². The second kappa shape index (κ2) is 3.43. The zero-order valence-corrected chi connectivity index (χ0v) is 6.10. The molecule has 0 aromatic carbocycles. The van der Waals surface area contributed by atoms with E-state index in [0.29, 0.717) is 0 Å². The van der Waals surface area contributed by atoms with E-state index in [9.17, 15) is 9.46 Å². The van der Waals surface area contributed by atoms with Crippen molar-refractivity contribution in [2.45, 2.75) is 0 Å². The van der Waals surface area contributed by atoms with E-state index in [1.807, 2.05) is 0 Å². The minimum absolute atomic E-state index is 0.0648. The van der Waals surface area contributed by atoms with Crippen molar-refractivity contribution in [3.8, 4) is 0 Å². The van der Waals surface area contributed by atoms with E-state index in [1.54, 1.807) is 7.05 Å². The van der Waals surface area contributed by atoms with E-state index < -0.39 is 8.03 Å². The molecule has 0 saturated carbocycles. The molecule has 9 heavy (non-hydrogen) atoms. The molecule has 0 fully saturated rings. The fraction of sp³-hybridized carbons (Fsp3) is 0.500. The third-order valence-corrected chi connectivity index (χ3v) is 1.47. The summed E-state index contributed by atoms with van der Waals surface area (Å²) in [6.07, 6.45) is -0.0648. The molecule has 0 saturated heterocycles. The Hall–Kier alpha value is -0.600. The van der Waals surface area contributed by atoms with Crippen molar-refractivity contribution in [3.63, 3.8) is 0 Å². The van der Waals surface area contributed by atoms with Crippen LogP contribution < -0.4 is 10.6 Å². The molecule has 0 radical (unpaired) electrons. The van der Waals surface area contributed by atoms with Crippen molar-refractivity contribution >= 4 is 8.03 Å². The molecule has 0 aliphatic heterocycles. The van der Waals surface area contributed by atoms with Crippen molar-refractivity contribution in [2.75, 3.05) is 13.3 Å². The maximum atomic E-state index is 10.0. The van der Waals surface area contributed by atoms with Gasteiger partial charge < -0.3 is 15.5 Å². The van der Waals surface area contributed by atoms with E-state index in [0.717, 1.165) is 0 Å². The van der Waals surface area contributed by atoms with Crippen LogP contribution in [0.4, 0.5) is 0 Å². The lowest BCUT2D eigenvalue weighted by atomic mass is 10.7. The Labute approximate surface area is 54.8 Å². The lowest BCUT2D eigenvalue weighted by molar-refractivity contribution is -0.165. The average Bonchev–Trinajstić information content (AvgIpc) is 1.63. The lowest BCUT2D eigenvalue weighted by Crippen LogP contribution is -2.23. The summed E-state index contributed by atoms with van der Waals surface area (Å²) >= 11 is 0. The van der Waals surface area contributed by atoms with Crippen LogP contribution in [0.15, 0.2) is 12.4 Å². The van der Waals surface area contributed by atoms with Crippen LogP contribution in [-0.4, -0.2) is 18.2 Å². The monoisotopic (exact) mass is 148 g/mol. The summed E-state index contributed by atoms with van der Waals surface area (Å²) in [4.78, 5) is 11.4. The zero-order valence-electron chi connectivity index (χ0n) is 5.20. The number of nitrogens with two attached hydrogens (primary N) is 1. The molecule has 0 aliphatic carbocycles. The van der Waals surface area contributed by atoms with E-state index in [4.69, 9.17) is 5.73 Å². The minimum atomic E-state index is -2.39. The summed E-state index contributed by atoms with van der Waals surface area (Å²) in [6, 6.07) is 0. The fourth-order valence-electron chi connectivity index (χ4n) is 0.264. The summed E-state index contributed by atoms with van der Waals surface area (Å²) in [6.45, 7) is 3.34. The predicted octanol–water partition coefficient (Wildman–Crippen LogP) is -0.592. The van der Waals surface area contributed by atoms with Crippen LogP contribution in [0.1, 0.15) is 0 Å². The van der Waals surface area contributed by atoms with Crippen molar-refractivity contribution in [2.24, 2.45) is 5.73 Å². The van der Waals surface area contributed by atoms with E-state index in [2.05, 4.69) is 6.58 Å². The molecular formula is C4H9N2O2P. The second-order valence-corrected chi connectivity index (χ2v) is 2.61. The summed E-state index contributed by atoms with van der Waals surface area (Å²) in [5, 5.41) is 0. The second-order valence-electron chi connectivity index (χ2n) is 1.66. The van der Waals surface area contributed by atoms with E-state index in [-0.39, 0.29) is 12.1 Å². The van der Waals surface area contributed by atoms with Gasteiger partial charge in [-0.2, -0.15) is 0 Å². The molecular weight excluding hydrogens is 139 g/mol. The first-order valence-corrected chi connectivity index (χ1v) is 3.67. The Bertz CT molecular complexity index is 137. The van der Waals surface area contributed by atoms with Gasteiger partial charge in [-0.3, -0.25) is 0 Å². The summed E-state index contributed by atoms with van der Waals surface area (Å²) in [7, 11) is -0.824. The highest BCUT2D eigenvalue weighted by Crippen LogP contribution is 2.08.